The van der Waals surface area contributed by atoms with Gasteiger partial charge >= 0.3 is 0 Å². The Morgan fingerprint density at radius 3 is 2.90 bits per heavy atom. The topological polar surface area (TPSA) is 78.9 Å². The second-order valence-electron chi connectivity index (χ2n) is 4.25. The maximum Gasteiger partial charge on any atom is 0.170 e. The third-order valence-electron chi connectivity index (χ3n) is 2.86. The van der Waals surface area contributed by atoms with E-state index in [4.69, 9.17) is 10.5 Å². The van der Waals surface area contributed by atoms with E-state index < -0.39 is 0 Å². The normalized spacial score (nSPS) is 10.9. The van der Waals surface area contributed by atoms with Gasteiger partial charge in [-0.1, -0.05) is 12.1 Å². The van der Waals surface area contributed by atoms with E-state index in [1.807, 2.05) is 31.3 Å². The molecule has 0 spiro atoms. The highest BCUT2D eigenvalue weighted by Crippen LogP contribution is 2.21. The maximum atomic E-state index is 5.91. The molecule has 2 N–H and O–H groups in total. The summed E-state index contributed by atoms with van der Waals surface area (Å²) in [4.78, 5) is 8.67. The predicted molar refractivity (Wildman–Crippen MR) is 84.2 cm³/mol. The molecule has 0 saturated heterocycles. The smallest absolute Gasteiger partial charge is 0.170 e. The number of anilines is 1. The Morgan fingerprint density at radius 2 is 2.10 bits per heavy atom. The molecular weight excluding hydrogens is 369 g/mol. The molecule has 3 aromatic rings. The molecule has 0 atom stereocenters. The van der Waals surface area contributed by atoms with Crippen molar-refractivity contribution in [3.63, 3.8) is 0 Å². The van der Waals surface area contributed by atoms with Crippen molar-refractivity contribution in [2.45, 2.75) is 6.61 Å². The predicted octanol–water partition coefficient (Wildman–Crippen LogP) is 2.13. The van der Waals surface area contributed by atoms with Gasteiger partial charge in [-0.05, 0) is 34.7 Å². The van der Waals surface area contributed by atoms with Crippen molar-refractivity contribution in [3.8, 4) is 5.75 Å². The highest BCUT2D eigenvalue weighted by molar-refractivity contribution is 14.1. The van der Waals surface area contributed by atoms with Crippen LogP contribution < -0.4 is 10.5 Å². The number of nitrogens with zero attached hydrogens (tertiary/aromatic N) is 4. The molecule has 1 aromatic carbocycles. The van der Waals surface area contributed by atoms with Crippen molar-refractivity contribution in [1.29, 1.82) is 0 Å². The van der Waals surface area contributed by atoms with E-state index >= 15 is 0 Å². The second kappa shape index (κ2) is 5.23. The zero-order valence-electron chi connectivity index (χ0n) is 10.7. The number of rotatable bonds is 3. The fourth-order valence-corrected chi connectivity index (χ4v) is 2.40. The van der Waals surface area contributed by atoms with Gasteiger partial charge in [0.05, 0.1) is 15.2 Å². The first kappa shape index (κ1) is 13.1. The second-order valence-corrected chi connectivity index (χ2v) is 5.41. The fourth-order valence-electron chi connectivity index (χ4n) is 1.86. The van der Waals surface area contributed by atoms with Crippen molar-refractivity contribution in [2.24, 2.45) is 7.05 Å². The van der Waals surface area contributed by atoms with Gasteiger partial charge in [-0.3, -0.25) is 4.68 Å². The number of hydrogen-bond donors (Lipinski definition) is 1. The zero-order valence-corrected chi connectivity index (χ0v) is 12.9. The van der Waals surface area contributed by atoms with Gasteiger partial charge in [0.15, 0.2) is 11.5 Å². The summed E-state index contributed by atoms with van der Waals surface area (Å²) in [7, 11) is 1.82. The SMILES string of the molecule is Cn1ncc2c(N)nc(COc3ccccc3I)nc21. The first-order valence-electron chi connectivity index (χ1n) is 5.96. The first-order chi connectivity index (χ1) is 9.65. The van der Waals surface area contributed by atoms with E-state index in [1.54, 1.807) is 10.9 Å². The van der Waals surface area contributed by atoms with Crippen LogP contribution in [0.5, 0.6) is 5.75 Å². The van der Waals surface area contributed by atoms with Gasteiger partial charge in [0, 0.05) is 7.05 Å². The van der Waals surface area contributed by atoms with Crippen molar-refractivity contribution >= 4 is 39.4 Å². The summed E-state index contributed by atoms with van der Waals surface area (Å²) < 4.78 is 8.44. The molecule has 6 nitrogen and oxygen atoms in total. The van der Waals surface area contributed by atoms with Crippen molar-refractivity contribution in [1.82, 2.24) is 19.7 Å². The van der Waals surface area contributed by atoms with Crippen LogP contribution in [-0.2, 0) is 13.7 Å². The molecule has 0 aliphatic carbocycles. The Balaban J connectivity index is 1.88. The van der Waals surface area contributed by atoms with Gasteiger partial charge in [-0.25, -0.2) is 9.97 Å². The molecule has 0 fully saturated rings. The molecule has 0 amide bonds. The molecule has 7 heteroatoms. The molecule has 3 rings (SSSR count). The Bertz CT molecular complexity index is 771. The third kappa shape index (κ3) is 2.40. The minimum Gasteiger partial charge on any atom is -0.484 e. The van der Waals surface area contributed by atoms with Gasteiger partial charge in [-0.15, -0.1) is 0 Å². The van der Waals surface area contributed by atoms with Gasteiger partial charge in [0.25, 0.3) is 0 Å². The third-order valence-corrected chi connectivity index (χ3v) is 3.75. The van der Waals surface area contributed by atoms with Crippen LogP contribution in [0, 0.1) is 3.57 Å². The average molecular weight is 381 g/mol. The number of nitrogens with two attached hydrogens (primary N) is 1. The molecule has 0 aliphatic rings. The number of ether oxygens (including phenoxy) is 1. The van der Waals surface area contributed by atoms with E-state index in [1.165, 1.54) is 0 Å². The summed E-state index contributed by atoms with van der Waals surface area (Å²) in [5, 5.41) is 4.88. The standard InChI is InChI=1S/C13H12IN5O/c1-19-13-8(6-16-19)12(15)17-11(18-13)7-20-10-5-3-2-4-9(10)14/h2-6H,7H2,1H3,(H2,15,17,18). The summed E-state index contributed by atoms with van der Waals surface area (Å²) in [6.07, 6.45) is 1.66. The number of fused-ring (bicyclic) bond motifs is 1. The first-order valence-corrected chi connectivity index (χ1v) is 7.04. The van der Waals surface area contributed by atoms with Crippen molar-refractivity contribution < 1.29 is 4.74 Å². The van der Waals surface area contributed by atoms with E-state index in [9.17, 15) is 0 Å². The largest absolute Gasteiger partial charge is 0.484 e. The van der Waals surface area contributed by atoms with Gasteiger partial charge in [-0.2, -0.15) is 5.10 Å². The highest BCUT2D eigenvalue weighted by atomic mass is 127. The number of para-hydroxylation sites is 1. The summed E-state index contributed by atoms with van der Waals surface area (Å²) in [6, 6.07) is 7.78. The van der Waals surface area contributed by atoms with Crippen LogP contribution in [0.15, 0.2) is 30.5 Å². The molecule has 0 radical (unpaired) electrons. The van der Waals surface area contributed by atoms with Crippen LogP contribution in [0.1, 0.15) is 5.82 Å². The van der Waals surface area contributed by atoms with Crippen LogP contribution in [0.2, 0.25) is 0 Å². The summed E-state index contributed by atoms with van der Waals surface area (Å²) >= 11 is 2.22. The summed E-state index contributed by atoms with van der Waals surface area (Å²) in [5.74, 6) is 1.77. The number of aromatic nitrogens is 4. The van der Waals surface area contributed by atoms with Crippen LogP contribution in [0.25, 0.3) is 11.0 Å². The Morgan fingerprint density at radius 1 is 1.30 bits per heavy atom. The Labute approximate surface area is 129 Å². The van der Waals surface area contributed by atoms with E-state index in [-0.39, 0.29) is 6.61 Å². The Kier molecular flexibility index (Phi) is 3.43. The van der Waals surface area contributed by atoms with Gasteiger partial charge in [0.1, 0.15) is 18.2 Å². The molecule has 0 bridgehead atoms. The molecule has 20 heavy (non-hydrogen) atoms. The van der Waals surface area contributed by atoms with Crippen molar-refractivity contribution in [3.05, 3.63) is 39.9 Å². The molecule has 102 valence electrons. The van der Waals surface area contributed by atoms with Crippen LogP contribution in [0.3, 0.4) is 0 Å². The van der Waals surface area contributed by atoms with E-state index in [0.29, 0.717) is 17.3 Å². The van der Waals surface area contributed by atoms with Crippen LogP contribution >= 0.6 is 22.6 Å². The number of nitrogen functional groups attached to an aromatic ring is 1. The van der Waals surface area contributed by atoms with E-state index in [0.717, 1.165) is 14.7 Å². The summed E-state index contributed by atoms with van der Waals surface area (Å²) in [6.45, 7) is 0.269. The molecular formula is C13H12IN5O. The van der Waals surface area contributed by atoms with Crippen LogP contribution in [-0.4, -0.2) is 19.7 Å². The monoisotopic (exact) mass is 381 g/mol. The van der Waals surface area contributed by atoms with E-state index in [2.05, 4.69) is 37.7 Å². The average Bonchev–Trinajstić information content (AvgIpc) is 2.80. The minimum absolute atomic E-state index is 0.269. The number of hydrogen-bond acceptors (Lipinski definition) is 5. The lowest BCUT2D eigenvalue weighted by Crippen LogP contribution is -2.06. The molecule has 0 unspecified atom stereocenters. The highest BCUT2D eigenvalue weighted by Gasteiger charge is 2.10. The summed E-state index contributed by atoms with van der Waals surface area (Å²) in [5.41, 5.74) is 6.62. The Hall–Kier alpha value is -1.90. The lowest BCUT2D eigenvalue weighted by atomic mass is 10.3. The molecule has 0 aliphatic heterocycles. The molecule has 2 heterocycles. The fraction of sp³-hybridized carbons (Fsp3) is 0.154. The lowest BCUT2D eigenvalue weighted by molar-refractivity contribution is 0.294. The van der Waals surface area contributed by atoms with Crippen LogP contribution in [0.4, 0.5) is 5.82 Å². The number of halogens is 1. The quantitative estimate of drug-likeness (QED) is 0.704. The van der Waals surface area contributed by atoms with Gasteiger partial charge in [0.2, 0.25) is 0 Å². The molecule has 0 saturated carbocycles. The van der Waals surface area contributed by atoms with Crippen molar-refractivity contribution in [2.75, 3.05) is 5.73 Å². The molecule has 2 aromatic heterocycles. The van der Waals surface area contributed by atoms with Gasteiger partial charge < -0.3 is 10.5 Å². The number of benzene rings is 1. The maximum absolute atomic E-state index is 5.91. The zero-order chi connectivity index (χ0) is 14.1. The minimum atomic E-state index is 0.269. The lowest BCUT2D eigenvalue weighted by Gasteiger charge is -2.08. The number of aryl methyl sites for hydroxylation is 1.